The summed E-state index contributed by atoms with van der Waals surface area (Å²) in [6, 6.07) is 0. The van der Waals surface area contributed by atoms with Crippen LogP contribution in [0.5, 0.6) is 0 Å². The molecule has 1 atom stereocenters. The van der Waals surface area contributed by atoms with Crippen molar-refractivity contribution in [1.29, 1.82) is 0 Å². The summed E-state index contributed by atoms with van der Waals surface area (Å²) in [6.45, 7) is 6.87. The van der Waals surface area contributed by atoms with Gasteiger partial charge in [0.15, 0.2) is 0 Å². The van der Waals surface area contributed by atoms with Crippen LogP contribution in [0.25, 0.3) is 0 Å². The molecule has 0 amide bonds. The Labute approximate surface area is 110 Å². The van der Waals surface area contributed by atoms with Crippen LogP contribution < -0.4 is 5.73 Å². The number of nitrogens with zero attached hydrogens (tertiary/aromatic N) is 2. The van der Waals surface area contributed by atoms with E-state index in [0.717, 1.165) is 38.1 Å². The third-order valence-corrected chi connectivity index (χ3v) is 3.85. The van der Waals surface area contributed by atoms with E-state index < -0.39 is 0 Å². The lowest BCUT2D eigenvalue weighted by Gasteiger charge is -2.09. The molecule has 1 fully saturated rings. The molecule has 0 bridgehead atoms. The van der Waals surface area contributed by atoms with E-state index in [0.29, 0.717) is 12.6 Å². The molecule has 102 valence electrons. The molecule has 0 spiro atoms. The van der Waals surface area contributed by atoms with Crippen molar-refractivity contribution in [3.8, 4) is 0 Å². The number of hydrogen-bond acceptors (Lipinski definition) is 3. The molecule has 2 heterocycles. The summed E-state index contributed by atoms with van der Waals surface area (Å²) in [4.78, 5) is 0. The van der Waals surface area contributed by atoms with E-state index in [1.54, 1.807) is 0 Å². The number of hydrogen-bond donors (Lipinski definition) is 1. The van der Waals surface area contributed by atoms with Gasteiger partial charge < -0.3 is 10.5 Å². The molecule has 1 aliphatic heterocycles. The first kappa shape index (κ1) is 13.6. The Hall–Kier alpha value is -0.870. The van der Waals surface area contributed by atoms with E-state index in [-0.39, 0.29) is 0 Å². The molecule has 1 saturated heterocycles. The summed E-state index contributed by atoms with van der Waals surface area (Å²) < 4.78 is 7.78. The second kappa shape index (κ2) is 6.34. The Kier molecular flexibility index (Phi) is 4.78. The van der Waals surface area contributed by atoms with Crippen LogP contribution in [0.3, 0.4) is 0 Å². The highest BCUT2D eigenvalue weighted by molar-refractivity contribution is 5.24. The molecule has 0 aliphatic carbocycles. The number of aryl methyl sites for hydroxylation is 2. The Balaban J connectivity index is 1.86. The van der Waals surface area contributed by atoms with Gasteiger partial charge in [0.1, 0.15) is 0 Å². The highest BCUT2D eigenvalue weighted by Gasteiger charge is 2.15. The largest absolute Gasteiger partial charge is 0.378 e. The topological polar surface area (TPSA) is 53.1 Å². The molecule has 0 aromatic carbocycles. The van der Waals surface area contributed by atoms with Gasteiger partial charge in [0, 0.05) is 18.8 Å². The molecule has 1 aromatic heterocycles. The van der Waals surface area contributed by atoms with E-state index >= 15 is 0 Å². The maximum atomic E-state index is 5.64. The fourth-order valence-corrected chi connectivity index (χ4v) is 2.80. The van der Waals surface area contributed by atoms with E-state index in [1.807, 2.05) is 0 Å². The van der Waals surface area contributed by atoms with E-state index in [2.05, 4.69) is 23.6 Å². The predicted molar refractivity (Wildman–Crippen MR) is 72.7 cm³/mol. The first-order valence-electron chi connectivity index (χ1n) is 7.07. The van der Waals surface area contributed by atoms with Crippen molar-refractivity contribution in [3.63, 3.8) is 0 Å². The zero-order valence-electron chi connectivity index (χ0n) is 11.6. The van der Waals surface area contributed by atoms with Crippen molar-refractivity contribution in [3.05, 3.63) is 17.0 Å². The van der Waals surface area contributed by atoms with Crippen molar-refractivity contribution in [2.75, 3.05) is 13.2 Å². The first-order chi connectivity index (χ1) is 8.72. The standard InChI is InChI=1S/C14H25N3O/c1-11-14(7-8-15)12(2)17(16-11)9-3-5-13-6-4-10-18-13/h13H,3-10,15H2,1-2H3. The van der Waals surface area contributed by atoms with Gasteiger partial charge in [-0.2, -0.15) is 5.10 Å². The van der Waals surface area contributed by atoms with E-state index in [9.17, 15) is 0 Å². The SMILES string of the molecule is Cc1nn(CCCC2CCCO2)c(C)c1CCN. The van der Waals surface area contributed by atoms with Crippen LogP contribution in [0, 0.1) is 13.8 Å². The highest BCUT2D eigenvalue weighted by atomic mass is 16.5. The van der Waals surface area contributed by atoms with Crippen LogP contribution in [-0.4, -0.2) is 29.0 Å². The maximum absolute atomic E-state index is 5.64. The summed E-state index contributed by atoms with van der Waals surface area (Å²) in [7, 11) is 0. The minimum absolute atomic E-state index is 0.491. The van der Waals surface area contributed by atoms with Crippen molar-refractivity contribution < 1.29 is 4.74 Å². The van der Waals surface area contributed by atoms with Crippen LogP contribution in [0.4, 0.5) is 0 Å². The molecule has 4 heteroatoms. The second-order valence-corrected chi connectivity index (χ2v) is 5.19. The molecule has 1 aromatic rings. The highest BCUT2D eigenvalue weighted by Crippen LogP contribution is 2.18. The average molecular weight is 251 g/mol. The van der Waals surface area contributed by atoms with Gasteiger partial charge in [0.05, 0.1) is 11.8 Å². The third-order valence-electron chi connectivity index (χ3n) is 3.85. The minimum Gasteiger partial charge on any atom is -0.378 e. The molecule has 0 radical (unpaired) electrons. The molecule has 1 unspecified atom stereocenters. The van der Waals surface area contributed by atoms with E-state index in [4.69, 9.17) is 10.5 Å². The summed E-state index contributed by atoms with van der Waals surface area (Å²) >= 11 is 0. The van der Waals surface area contributed by atoms with Gasteiger partial charge in [-0.1, -0.05) is 0 Å². The first-order valence-corrected chi connectivity index (χ1v) is 7.07. The zero-order valence-corrected chi connectivity index (χ0v) is 11.6. The van der Waals surface area contributed by atoms with Crippen molar-refractivity contribution >= 4 is 0 Å². The van der Waals surface area contributed by atoms with Gasteiger partial charge in [0.25, 0.3) is 0 Å². The fourth-order valence-electron chi connectivity index (χ4n) is 2.80. The van der Waals surface area contributed by atoms with Crippen LogP contribution in [-0.2, 0) is 17.7 Å². The Morgan fingerprint density at radius 1 is 1.44 bits per heavy atom. The Morgan fingerprint density at radius 3 is 2.94 bits per heavy atom. The van der Waals surface area contributed by atoms with E-state index in [1.165, 1.54) is 24.1 Å². The van der Waals surface area contributed by atoms with Gasteiger partial charge in [0.2, 0.25) is 0 Å². The average Bonchev–Trinajstić information content (AvgIpc) is 2.94. The number of rotatable bonds is 6. The summed E-state index contributed by atoms with van der Waals surface area (Å²) in [6.07, 6.45) is 6.19. The number of nitrogens with two attached hydrogens (primary N) is 1. The monoisotopic (exact) mass is 251 g/mol. The zero-order chi connectivity index (χ0) is 13.0. The molecule has 2 N–H and O–H groups in total. The molecule has 0 saturated carbocycles. The third kappa shape index (κ3) is 3.12. The lowest BCUT2D eigenvalue weighted by Crippen LogP contribution is -2.09. The summed E-state index contributed by atoms with van der Waals surface area (Å²) in [5.74, 6) is 0. The fraction of sp³-hybridized carbons (Fsp3) is 0.786. The summed E-state index contributed by atoms with van der Waals surface area (Å²) in [5, 5.41) is 4.61. The lowest BCUT2D eigenvalue weighted by atomic mass is 10.1. The van der Waals surface area contributed by atoms with Gasteiger partial charge in [-0.15, -0.1) is 0 Å². The summed E-state index contributed by atoms with van der Waals surface area (Å²) in [5.41, 5.74) is 9.38. The Morgan fingerprint density at radius 2 is 2.28 bits per heavy atom. The maximum Gasteiger partial charge on any atom is 0.0628 e. The number of ether oxygens (including phenoxy) is 1. The smallest absolute Gasteiger partial charge is 0.0628 e. The van der Waals surface area contributed by atoms with Gasteiger partial charge >= 0.3 is 0 Å². The molecular formula is C14H25N3O. The molecular weight excluding hydrogens is 226 g/mol. The van der Waals surface area contributed by atoms with Crippen molar-refractivity contribution in [1.82, 2.24) is 9.78 Å². The van der Waals surface area contributed by atoms with Crippen molar-refractivity contribution in [2.24, 2.45) is 5.73 Å². The minimum atomic E-state index is 0.491. The van der Waals surface area contributed by atoms with Gasteiger partial charge in [-0.3, -0.25) is 4.68 Å². The van der Waals surface area contributed by atoms with Crippen LogP contribution in [0.1, 0.15) is 42.6 Å². The van der Waals surface area contributed by atoms with Gasteiger partial charge in [-0.05, 0) is 58.1 Å². The van der Waals surface area contributed by atoms with Crippen LogP contribution in [0.15, 0.2) is 0 Å². The Bertz CT molecular complexity index is 381. The number of aromatic nitrogens is 2. The molecule has 4 nitrogen and oxygen atoms in total. The lowest BCUT2D eigenvalue weighted by molar-refractivity contribution is 0.101. The van der Waals surface area contributed by atoms with Crippen molar-refractivity contribution in [2.45, 2.75) is 58.6 Å². The molecule has 18 heavy (non-hydrogen) atoms. The van der Waals surface area contributed by atoms with Crippen LogP contribution in [0.2, 0.25) is 0 Å². The normalized spacial score (nSPS) is 19.6. The molecule has 2 rings (SSSR count). The second-order valence-electron chi connectivity index (χ2n) is 5.19. The van der Waals surface area contributed by atoms with Crippen LogP contribution >= 0.6 is 0 Å². The predicted octanol–water partition coefficient (Wildman–Crippen LogP) is 1.96. The quantitative estimate of drug-likeness (QED) is 0.841. The molecule has 1 aliphatic rings. The van der Waals surface area contributed by atoms with Gasteiger partial charge in [-0.25, -0.2) is 0 Å².